The second-order valence-corrected chi connectivity index (χ2v) is 6.47. The van der Waals surface area contributed by atoms with E-state index in [1.54, 1.807) is 4.90 Å². The molecule has 1 aromatic carbocycles. The molecule has 1 fully saturated rings. The van der Waals surface area contributed by atoms with E-state index in [2.05, 4.69) is 17.3 Å². The highest BCUT2D eigenvalue weighted by atomic mass is 16.7. The maximum Gasteiger partial charge on any atom is 0.317 e. The SMILES string of the molecule is CN1CCC(CN(C)C(=O)NCCc2ccc3c(c2)OCO3)C1. The molecule has 0 spiro atoms. The van der Waals surface area contributed by atoms with Gasteiger partial charge in [0, 0.05) is 26.7 Å². The number of likely N-dealkylation sites (tertiary alicyclic amines) is 1. The molecule has 3 rings (SSSR count). The number of urea groups is 1. The molecule has 1 unspecified atom stereocenters. The molecule has 1 atom stereocenters. The quantitative estimate of drug-likeness (QED) is 0.895. The van der Waals surface area contributed by atoms with Crippen LogP contribution < -0.4 is 14.8 Å². The molecule has 1 saturated heterocycles. The molecular formula is C17H25N3O3. The van der Waals surface area contributed by atoms with Gasteiger partial charge in [0.15, 0.2) is 11.5 Å². The molecule has 0 bridgehead atoms. The number of amides is 2. The van der Waals surface area contributed by atoms with Gasteiger partial charge in [0.05, 0.1) is 0 Å². The van der Waals surface area contributed by atoms with E-state index < -0.39 is 0 Å². The first-order chi connectivity index (χ1) is 11.1. The van der Waals surface area contributed by atoms with Crippen LogP contribution in [0.4, 0.5) is 4.79 Å². The molecule has 1 N–H and O–H groups in total. The molecule has 6 heteroatoms. The van der Waals surface area contributed by atoms with Gasteiger partial charge in [-0.05, 0) is 50.0 Å². The van der Waals surface area contributed by atoms with Gasteiger partial charge < -0.3 is 24.6 Å². The van der Waals surface area contributed by atoms with Crippen LogP contribution >= 0.6 is 0 Å². The van der Waals surface area contributed by atoms with E-state index in [1.165, 1.54) is 6.42 Å². The summed E-state index contributed by atoms with van der Waals surface area (Å²) in [7, 11) is 4.00. The summed E-state index contributed by atoms with van der Waals surface area (Å²) in [6, 6.07) is 5.91. The van der Waals surface area contributed by atoms with Gasteiger partial charge >= 0.3 is 6.03 Å². The van der Waals surface area contributed by atoms with Gasteiger partial charge in [0.1, 0.15) is 0 Å². The van der Waals surface area contributed by atoms with E-state index in [9.17, 15) is 4.79 Å². The lowest BCUT2D eigenvalue weighted by atomic mass is 10.1. The van der Waals surface area contributed by atoms with E-state index in [4.69, 9.17) is 9.47 Å². The van der Waals surface area contributed by atoms with Gasteiger partial charge in [-0.3, -0.25) is 0 Å². The Bertz CT molecular complexity index is 564. The molecule has 0 aromatic heterocycles. The van der Waals surface area contributed by atoms with Gasteiger partial charge in [-0.25, -0.2) is 4.79 Å². The van der Waals surface area contributed by atoms with Crippen molar-refractivity contribution in [3.63, 3.8) is 0 Å². The first-order valence-electron chi connectivity index (χ1n) is 8.18. The molecule has 23 heavy (non-hydrogen) atoms. The first kappa shape index (κ1) is 15.9. The van der Waals surface area contributed by atoms with E-state index in [0.29, 0.717) is 12.5 Å². The van der Waals surface area contributed by atoms with Crippen molar-refractivity contribution >= 4 is 6.03 Å². The van der Waals surface area contributed by atoms with Crippen LogP contribution in [0.15, 0.2) is 18.2 Å². The second-order valence-electron chi connectivity index (χ2n) is 6.47. The Balaban J connectivity index is 1.40. The third-order valence-corrected chi connectivity index (χ3v) is 4.49. The van der Waals surface area contributed by atoms with Gasteiger partial charge in [-0.15, -0.1) is 0 Å². The number of hydrogen-bond acceptors (Lipinski definition) is 4. The molecular weight excluding hydrogens is 294 g/mol. The molecule has 6 nitrogen and oxygen atoms in total. The van der Waals surface area contributed by atoms with E-state index in [-0.39, 0.29) is 12.8 Å². The highest BCUT2D eigenvalue weighted by Gasteiger charge is 2.22. The van der Waals surface area contributed by atoms with Crippen LogP contribution in [-0.2, 0) is 6.42 Å². The average molecular weight is 319 g/mol. The Labute approximate surface area is 137 Å². The standard InChI is InChI=1S/C17H25N3O3/c1-19-8-6-14(10-19)11-20(2)17(21)18-7-5-13-3-4-15-16(9-13)23-12-22-15/h3-4,9,14H,5-8,10-12H2,1-2H3,(H,18,21). The highest BCUT2D eigenvalue weighted by molar-refractivity contribution is 5.73. The lowest BCUT2D eigenvalue weighted by molar-refractivity contribution is 0.174. The van der Waals surface area contributed by atoms with Crippen LogP contribution in [0, 0.1) is 5.92 Å². The summed E-state index contributed by atoms with van der Waals surface area (Å²) < 4.78 is 10.7. The number of carbonyl (C=O) groups is 1. The van der Waals surface area contributed by atoms with Crippen LogP contribution in [0.5, 0.6) is 11.5 Å². The number of nitrogens with zero attached hydrogens (tertiary/aromatic N) is 2. The zero-order valence-corrected chi connectivity index (χ0v) is 13.9. The van der Waals surface area contributed by atoms with Crippen molar-refractivity contribution in [2.45, 2.75) is 12.8 Å². The Morgan fingerprint density at radius 3 is 3.00 bits per heavy atom. The zero-order chi connectivity index (χ0) is 16.2. The van der Waals surface area contributed by atoms with Crippen LogP contribution in [0.1, 0.15) is 12.0 Å². The van der Waals surface area contributed by atoms with E-state index in [0.717, 1.165) is 43.1 Å². The van der Waals surface area contributed by atoms with Crippen LogP contribution in [0.25, 0.3) is 0 Å². The Kier molecular flexibility index (Phi) is 4.91. The third kappa shape index (κ3) is 4.07. The summed E-state index contributed by atoms with van der Waals surface area (Å²) in [4.78, 5) is 16.3. The summed E-state index contributed by atoms with van der Waals surface area (Å²) in [6.45, 7) is 3.93. The minimum Gasteiger partial charge on any atom is -0.454 e. The summed E-state index contributed by atoms with van der Waals surface area (Å²) in [5.41, 5.74) is 1.13. The van der Waals surface area contributed by atoms with Crippen molar-refractivity contribution in [3.05, 3.63) is 23.8 Å². The molecule has 0 saturated carbocycles. The maximum absolute atomic E-state index is 12.1. The van der Waals surface area contributed by atoms with E-state index in [1.807, 2.05) is 25.2 Å². The summed E-state index contributed by atoms with van der Waals surface area (Å²) >= 11 is 0. The molecule has 2 amide bonds. The fourth-order valence-corrected chi connectivity index (χ4v) is 3.19. The maximum atomic E-state index is 12.1. The zero-order valence-electron chi connectivity index (χ0n) is 13.9. The predicted molar refractivity (Wildman–Crippen MR) is 87.9 cm³/mol. The fourth-order valence-electron chi connectivity index (χ4n) is 3.19. The normalized spacial score (nSPS) is 19.8. The Morgan fingerprint density at radius 2 is 2.22 bits per heavy atom. The summed E-state index contributed by atoms with van der Waals surface area (Å²) in [6.07, 6.45) is 1.95. The van der Waals surface area contributed by atoms with E-state index >= 15 is 0 Å². The number of fused-ring (bicyclic) bond motifs is 1. The fraction of sp³-hybridized carbons (Fsp3) is 0.588. The van der Waals surface area contributed by atoms with Gasteiger partial charge in [-0.2, -0.15) is 0 Å². The molecule has 2 aliphatic rings. The molecule has 0 radical (unpaired) electrons. The lowest BCUT2D eigenvalue weighted by Gasteiger charge is -2.21. The van der Waals surface area contributed by atoms with Crippen molar-refractivity contribution in [3.8, 4) is 11.5 Å². The van der Waals surface area contributed by atoms with Crippen molar-refractivity contribution in [1.29, 1.82) is 0 Å². The number of nitrogens with one attached hydrogen (secondary N) is 1. The molecule has 1 aromatic rings. The summed E-state index contributed by atoms with van der Waals surface area (Å²) in [5, 5.41) is 2.99. The monoisotopic (exact) mass is 319 g/mol. The number of carbonyl (C=O) groups excluding carboxylic acids is 1. The van der Waals surface area contributed by atoms with Crippen LogP contribution in [0.2, 0.25) is 0 Å². The number of benzene rings is 1. The molecule has 2 aliphatic heterocycles. The number of rotatable bonds is 5. The Hall–Kier alpha value is -1.95. The largest absolute Gasteiger partial charge is 0.454 e. The van der Waals surface area contributed by atoms with Crippen molar-refractivity contribution < 1.29 is 14.3 Å². The van der Waals surface area contributed by atoms with Crippen LogP contribution in [-0.4, -0.2) is 62.9 Å². The molecule has 2 heterocycles. The van der Waals surface area contributed by atoms with Gasteiger partial charge in [0.25, 0.3) is 0 Å². The predicted octanol–water partition coefficient (Wildman–Crippen LogP) is 1.55. The number of ether oxygens (including phenoxy) is 2. The Morgan fingerprint density at radius 1 is 1.39 bits per heavy atom. The first-order valence-corrected chi connectivity index (χ1v) is 8.18. The second kappa shape index (κ2) is 7.08. The minimum atomic E-state index is 0.000274. The highest BCUT2D eigenvalue weighted by Crippen LogP contribution is 2.32. The van der Waals surface area contributed by atoms with Gasteiger partial charge in [-0.1, -0.05) is 6.07 Å². The van der Waals surface area contributed by atoms with Crippen molar-refractivity contribution in [2.75, 3.05) is 47.1 Å². The lowest BCUT2D eigenvalue weighted by Crippen LogP contribution is -2.41. The average Bonchev–Trinajstić information content (AvgIpc) is 3.15. The molecule has 0 aliphatic carbocycles. The number of hydrogen-bond donors (Lipinski definition) is 1. The smallest absolute Gasteiger partial charge is 0.317 e. The van der Waals surface area contributed by atoms with Crippen LogP contribution in [0.3, 0.4) is 0 Å². The third-order valence-electron chi connectivity index (χ3n) is 4.49. The minimum absolute atomic E-state index is 0.000274. The topological polar surface area (TPSA) is 54.0 Å². The van der Waals surface area contributed by atoms with Crippen molar-refractivity contribution in [2.24, 2.45) is 5.92 Å². The van der Waals surface area contributed by atoms with Crippen molar-refractivity contribution in [1.82, 2.24) is 15.1 Å². The summed E-state index contributed by atoms with van der Waals surface area (Å²) in [5.74, 6) is 2.17. The molecule has 126 valence electrons. The van der Waals surface area contributed by atoms with Gasteiger partial charge in [0.2, 0.25) is 6.79 Å².